The molecule has 100 valence electrons. The summed E-state index contributed by atoms with van der Waals surface area (Å²) in [6.07, 6.45) is 4.56. The second-order valence-electron chi connectivity index (χ2n) is 5.33. The summed E-state index contributed by atoms with van der Waals surface area (Å²) in [5.41, 5.74) is 6.96. The summed E-state index contributed by atoms with van der Waals surface area (Å²) in [6.45, 7) is 4.22. The molecule has 2 N–H and O–H groups in total. The highest BCUT2D eigenvalue weighted by Crippen LogP contribution is 2.27. The Morgan fingerprint density at radius 1 is 1.50 bits per heavy atom. The van der Waals surface area contributed by atoms with Crippen molar-refractivity contribution in [1.29, 1.82) is 0 Å². The first-order valence-electron chi connectivity index (χ1n) is 6.95. The largest absolute Gasteiger partial charge is 0.371 e. The fourth-order valence-corrected chi connectivity index (χ4v) is 2.63. The average Bonchev–Trinajstić information content (AvgIpc) is 2.84. The van der Waals surface area contributed by atoms with Crippen LogP contribution in [0.1, 0.15) is 32.6 Å². The molecule has 0 spiro atoms. The number of rotatable bonds is 5. The number of anilines is 1. The normalized spacial score (nSPS) is 21.3. The molecule has 2 nitrogen and oxygen atoms in total. The molecule has 0 amide bonds. The van der Waals surface area contributed by atoms with Crippen LogP contribution in [0.2, 0.25) is 0 Å². The number of hydrogen-bond donors (Lipinski definition) is 1. The van der Waals surface area contributed by atoms with Gasteiger partial charge in [-0.1, -0.05) is 13.0 Å². The molecule has 1 aliphatic rings. The zero-order chi connectivity index (χ0) is 13.0. The Morgan fingerprint density at radius 3 is 3.06 bits per heavy atom. The lowest BCUT2D eigenvalue weighted by Gasteiger charge is -2.19. The average molecular weight is 250 g/mol. The molecule has 0 saturated carbocycles. The Bertz CT molecular complexity index is 381. The van der Waals surface area contributed by atoms with Crippen LogP contribution in [0, 0.1) is 11.7 Å². The van der Waals surface area contributed by atoms with Crippen molar-refractivity contribution in [3.05, 3.63) is 30.1 Å². The fourth-order valence-electron chi connectivity index (χ4n) is 2.63. The summed E-state index contributed by atoms with van der Waals surface area (Å²) in [6, 6.07) is 7.24. The Morgan fingerprint density at radius 2 is 2.33 bits per heavy atom. The summed E-state index contributed by atoms with van der Waals surface area (Å²) in [5, 5.41) is 0. The van der Waals surface area contributed by atoms with Crippen molar-refractivity contribution < 1.29 is 4.39 Å². The minimum absolute atomic E-state index is 0.149. The molecule has 1 aliphatic heterocycles. The number of hydrogen-bond acceptors (Lipinski definition) is 2. The van der Waals surface area contributed by atoms with E-state index in [-0.39, 0.29) is 5.82 Å². The number of halogens is 1. The van der Waals surface area contributed by atoms with Gasteiger partial charge in [0.2, 0.25) is 0 Å². The van der Waals surface area contributed by atoms with Gasteiger partial charge in [-0.2, -0.15) is 0 Å². The smallest absolute Gasteiger partial charge is 0.125 e. The lowest BCUT2D eigenvalue weighted by Crippen LogP contribution is -2.22. The molecular weight excluding hydrogens is 227 g/mol. The maximum atomic E-state index is 13.2. The zero-order valence-corrected chi connectivity index (χ0v) is 11.1. The Balaban J connectivity index is 1.85. The summed E-state index contributed by atoms with van der Waals surface area (Å²) in [4.78, 5) is 2.28. The van der Waals surface area contributed by atoms with Gasteiger partial charge in [-0.3, -0.25) is 0 Å². The SMILES string of the molecule is CCC(N)CCC1CCN(c2cccc(F)c2)C1. The Labute approximate surface area is 109 Å². The van der Waals surface area contributed by atoms with Crippen LogP contribution in [-0.4, -0.2) is 19.1 Å². The minimum Gasteiger partial charge on any atom is -0.371 e. The van der Waals surface area contributed by atoms with Crippen LogP contribution < -0.4 is 10.6 Å². The molecule has 3 heteroatoms. The maximum Gasteiger partial charge on any atom is 0.125 e. The van der Waals surface area contributed by atoms with Crippen molar-refractivity contribution in [2.45, 2.75) is 38.6 Å². The van der Waals surface area contributed by atoms with Gasteiger partial charge in [0.1, 0.15) is 5.82 Å². The molecule has 1 aromatic carbocycles. The van der Waals surface area contributed by atoms with Gasteiger partial charge in [-0.05, 0) is 49.8 Å². The Kier molecular flexibility index (Phi) is 4.59. The van der Waals surface area contributed by atoms with E-state index in [2.05, 4.69) is 11.8 Å². The van der Waals surface area contributed by atoms with Crippen molar-refractivity contribution in [1.82, 2.24) is 0 Å². The minimum atomic E-state index is -0.149. The van der Waals surface area contributed by atoms with Crippen LogP contribution >= 0.6 is 0 Å². The third-order valence-corrected chi connectivity index (χ3v) is 3.93. The van der Waals surface area contributed by atoms with Crippen molar-refractivity contribution >= 4 is 5.69 Å². The highest BCUT2D eigenvalue weighted by Gasteiger charge is 2.22. The second kappa shape index (κ2) is 6.19. The van der Waals surface area contributed by atoms with E-state index >= 15 is 0 Å². The molecular formula is C15H23FN2. The first kappa shape index (κ1) is 13.3. The van der Waals surface area contributed by atoms with Crippen molar-refractivity contribution in [2.24, 2.45) is 11.7 Å². The molecule has 1 heterocycles. The fraction of sp³-hybridized carbons (Fsp3) is 0.600. The predicted octanol–water partition coefficient (Wildman–Crippen LogP) is 3.17. The van der Waals surface area contributed by atoms with Gasteiger partial charge in [0.05, 0.1) is 0 Å². The van der Waals surface area contributed by atoms with Crippen molar-refractivity contribution in [3.8, 4) is 0 Å². The summed E-state index contributed by atoms with van der Waals surface area (Å²) in [7, 11) is 0. The van der Waals surface area contributed by atoms with Crippen LogP contribution in [0.25, 0.3) is 0 Å². The predicted molar refractivity (Wildman–Crippen MR) is 74.2 cm³/mol. The standard InChI is InChI=1S/C15H23FN2/c1-2-14(17)7-6-12-8-9-18(11-12)15-5-3-4-13(16)10-15/h3-5,10,12,14H,2,6-9,11,17H2,1H3. The molecule has 1 fully saturated rings. The molecule has 0 radical (unpaired) electrons. The van der Waals surface area contributed by atoms with Gasteiger partial charge < -0.3 is 10.6 Å². The quantitative estimate of drug-likeness (QED) is 0.869. The van der Waals surface area contributed by atoms with Crippen molar-refractivity contribution in [3.63, 3.8) is 0 Å². The van der Waals surface area contributed by atoms with Gasteiger partial charge in [0.15, 0.2) is 0 Å². The summed E-state index contributed by atoms with van der Waals surface area (Å²) in [5.74, 6) is 0.565. The number of nitrogens with two attached hydrogens (primary N) is 1. The topological polar surface area (TPSA) is 29.3 Å². The van der Waals surface area contributed by atoms with E-state index in [4.69, 9.17) is 5.73 Å². The molecule has 0 aromatic heterocycles. The third kappa shape index (κ3) is 3.45. The van der Waals surface area contributed by atoms with Crippen LogP contribution in [0.3, 0.4) is 0 Å². The molecule has 2 rings (SSSR count). The van der Waals surface area contributed by atoms with E-state index in [1.165, 1.54) is 18.9 Å². The lowest BCUT2D eigenvalue weighted by atomic mass is 9.98. The maximum absolute atomic E-state index is 13.2. The summed E-state index contributed by atoms with van der Waals surface area (Å²) < 4.78 is 13.2. The van der Waals surface area contributed by atoms with E-state index < -0.39 is 0 Å². The number of benzene rings is 1. The van der Waals surface area contributed by atoms with Gasteiger partial charge in [-0.25, -0.2) is 4.39 Å². The van der Waals surface area contributed by atoms with E-state index in [1.54, 1.807) is 12.1 Å². The van der Waals surface area contributed by atoms with Crippen LogP contribution in [0.15, 0.2) is 24.3 Å². The van der Waals surface area contributed by atoms with E-state index in [0.29, 0.717) is 12.0 Å². The number of nitrogens with zero attached hydrogens (tertiary/aromatic N) is 1. The first-order chi connectivity index (χ1) is 8.69. The highest BCUT2D eigenvalue weighted by molar-refractivity contribution is 5.47. The monoisotopic (exact) mass is 250 g/mol. The summed E-state index contributed by atoms with van der Waals surface area (Å²) >= 11 is 0. The van der Waals surface area contributed by atoms with Gasteiger partial charge >= 0.3 is 0 Å². The van der Waals surface area contributed by atoms with Crippen LogP contribution in [0.4, 0.5) is 10.1 Å². The molecule has 1 saturated heterocycles. The molecule has 2 unspecified atom stereocenters. The lowest BCUT2D eigenvalue weighted by molar-refractivity contribution is 0.464. The Hall–Kier alpha value is -1.09. The zero-order valence-electron chi connectivity index (χ0n) is 11.1. The van der Waals surface area contributed by atoms with E-state index in [0.717, 1.165) is 31.6 Å². The van der Waals surface area contributed by atoms with Crippen LogP contribution in [0.5, 0.6) is 0 Å². The van der Waals surface area contributed by atoms with Gasteiger partial charge in [0, 0.05) is 24.8 Å². The highest BCUT2D eigenvalue weighted by atomic mass is 19.1. The molecule has 0 bridgehead atoms. The van der Waals surface area contributed by atoms with Gasteiger partial charge in [0.25, 0.3) is 0 Å². The van der Waals surface area contributed by atoms with E-state index in [9.17, 15) is 4.39 Å². The van der Waals surface area contributed by atoms with Gasteiger partial charge in [-0.15, -0.1) is 0 Å². The first-order valence-corrected chi connectivity index (χ1v) is 6.95. The van der Waals surface area contributed by atoms with Crippen molar-refractivity contribution in [2.75, 3.05) is 18.0 Å². The van der Waals surface area contributed by atoms with Crippen LogP contribution in [-0.2, 0) is 0 Å². The molecule has 2 atom stereocenters. The second-order valence-corrected chi connectivity index (χ2v) is 5.33. The molecule has 18 heavy (non-hydrogen) atoms. The van der Waals surface area contributed by atoms with E-state index in [1.807, 2.05) is 6.07 Å². The third-order valence-electron chi connectivity index (χ3n) is 3.93. The molecule has 0 aliphatic carbocycles. The molecule has 1 aromatic rings.